The summed E-state index contributed by atoms with van der Waals surface area (Å²) in [6.45, 7) is 2.61. The third kappa shape index (κ3) is 9.16. The molecule has 0 aliphatic rings. The van der Waals surface area contributed by atoms with E-state index in [-0.39, 0.29) is 25.6 Å². The number of benzene rings is 1. The Morgan fingerprint density at radius 2 is 1.65 bits per heavy atom. The summed E-state index contributed by atoms with van der Waals surface area (Å²) < 4.78 is 5.65. The molecule has 0 aromatic heterocycles. The van der Waals surface area contributed by atoms with Gasteiger partial charge in [0, 0.05) is 0 Å². The lowest BCUT2D eigenvalue weighted by atomic mass is 9.94. The number of rotatable bonds is 12. The molecule has 0 unspecified atom stereocenters. The fraction of sp³-hybridized carbons (Fsp3) is 0.667. The van der Waals surface area contributed by atoms with Crippen molar-refractivity contribution < 1.29 is 14.9 Å². The summed E-state index contributed by atoms with van der Waals surface area (Å²) >= 11 is 0. The highest BCUT2D eigenvalue weighted by molar-refractivity contribution is 5.85. The highest BCUT2D eigenvalue weighted by Crippen LogP contribution is 2.16. The standard InChI is InChI=1S/C18H31NO3.ClH/c1-2-3-13-22-17-10-8-16(9-11-17)7-5-4-6-12-18(19,14-20)15-21;/h8-11,20-21H,2-7,12-15,19H2,1H3;1H. The van der Waals surface area contributed by atoms with E-state index < -0.39 is 5.54 Å². The molecule has 1 rings (SSSR count). The Bertz CT molecular complexity index is 394. The lowest BCUT2D eigenvalue weighted by Gasteiger charge is -2.24. The summed E-state index contributed by atoms with van der Waals surface area (Å²) in [5.41, 5.74) is 6.33. The number of unbranched alkanes of at least 4 members (excludes halogenated alkanes) is 3. The summed E-state index contributed by atoms with van der Waals surface area (Å²) in [5, 5.41) is 18.3. The second-order valence-electron chi connectivity index (χ2n) is 6.09. The molecule has 134 valence electrons. The van der Waals surface area contributed by atoms with Crippen molar-refractivity contribution in [2.24, 2.45) is 5.73 Å². The highest BCUT2D eigenvalue weighted by atomic mass is 35.5. The lowest BCUT2D eigenvalue weighted by molar-refractivity contribution is 0.112. The molecule has 0 amide bonds. The van der Waals surface area contributed by atoms with Crippen LogP contribution < -0.4 is 10.5 Å². The fourth-order valence-corrected chi connectivity index (χ4v) is 2.28. The van der Waals surface area contributed by atoms with Gasteiger partial charge in [0.05, 0.1) is 25.4 Å². The number of aryl methyl sites for hydroxylation is 1. The zero-order valence-corrected chi connectivity index (χ0v) is 15.0. The molecule has 23 heavy (non-hydrogen) atoms. The van der Waals surface area contributed by atoms with Crippen LogP contribution in [0.5, 0.6) is 5.75 Å². The smallest absolute Gasteiger partial charge is 0.119 e. The van der Waals surface area contributed by atoms with Crippen LogP contribution in [0.15, 0.2) is 24.3 Å². The van der Waals surface area contributed by atoms with E-state index in [4.69, 9.17) is 20.7 Å². The predicted octanol–water partition coefficient (Wildman–Crippen LogP) is 3.07. The third-order valence-corrected chi connectivity index (χ3v) is 3.96. The molecule has 0 saturated heterocycles. The second kappa shape index (κ2) is 12.6. The number of hydrogen-bond donors (Lipinski definition) is 3. The molecule has 0 fully saturated rings. The van der Waals surface area contributed by atoms with Crippen LogP contribution in [0.2, 0.25) is 0 Å². The van der Waals surface area contributed by atoms with Crippen LogP contribution in [-0.2, 0) is 6.42 Å². The molecule has 1 aromatic carbocycles. The first-order valence-electron chi connectivity index (χ1n) is 8.36. The average molecular weight is 346 g/mol. The lowest BCUT2D eigenvalue weighted by Crippen LogP contribution is -2.47. The van der Waals surface area contributed by atoms with Crippen LogP contribution >= 0.6 is 12.4 Å². The molecule has 0 aliphatic carbocycles. The Hall–Kier alpha value is -0.810. The molecule has 0 atom stereocenters. The van der Waals surface area contributed by atoms with Gasteiger partial charge in [0.25, 0.3) is 0 Å². The molecule has 1 aromatic rings. The Morgan fingerprint density at radius 1 is 1.00 bits per heavy atom. The average Bonchev–Trinajstić information content (AvgIpc) is 2.56. The molecular weight excluding hydrogens is 314 g/mol. The minimum atomic E-state index is -0.822. The summed E-state index contributed by atoms with van der Waals surface area (Å²) in [6, 6.07) is 8.31. The zero-order valence-electron chi connectivity index (χ0n) is 14.2. The second-order valence-corrected chi connectivity index (χ2v) is 6.09. The van der Waals surface area contributed by atoms with Gasteiger partial charge < -0.3 is 20.7 Å². The molecule has 4 N–H and O–H groups in total. The van der Waals surface area contributed by atoms with Crippen LogP contribution in [-0.4, -0.2) is 35.6 Å². The van der Waals surface area contributed by atoms with Crippen LogP contribution in [0.25, 0.3) is 0 Å². The summed E-state index contributed by atoms with van der Waals surface area (Å²) in [4.78, 5) is 0. The molecule has 5 heteroatoms. The van der Waals surface area contributed by atoms with E-state index >= 15 is 0 Å². The van der Waals surface area contributed by atoms with E-state index in [1.807, 2.05) is 12.1 Å². The number of aliphatic hydroxyl groups excluding tert-OH is 2. The highest BCUT2D eigenvalue weighted by Gasteiger charge is 2.21. The minimum absolute atomic E-state index is 0. The first kappa shape index (κ1) is 22.2. The van der Waals surface area contributed by atoms with Crippen LogP contribution in [0.1, 0.15) is 51.0 Å². The fourth-order valence-electron chi connectivity index (χ4n) is 2.28. The van der Waals surface area contributed by atoms with Gasteiger partial charge in [-0.3, -0.25) is 0 Å². The van der Waals surface area contributed by atoms with Crippen molar-refractivity contribution in [3.63, 3.8) is 0 Å². The molecule has 0 bridgehead atoms. The molecule has 4 nitrogen and oxygen atoms in total. The predicted molar refractivity (Wildman–Crippen MR) is 97.4 cm³/mol. The Labute approximate surface area is 146 Å². The molecular formula is C18H32ClNO3. The maximum atomic E-state index is 9.13. The quantitative estimate of drug-likeness (QED) is 0.509. The summed E-state index contributed by atoms with van der Waals surface area (Å²) in [6.07, 6.45) is 6.99. The van der Waals surface area contributed by atoms with Crippen molar-refractivity contribution in [2.75, 3.05) is 19.8 Å². The number of aliphatic hydroxyl groups is 2. The maximum absolute atomic E-state index is 9.13. The van der Waals surface area contributed by atoms with Gasteiger partial charge >= 0.3 is 0 Å². The molecule has 0 spiro atoms. The van der Waals surface area contributed by atoms with E-state index in [1.54, 1.807) is 0 Å². The third-order valence-electron chi connectivity index (χ3n) is 3.96. The van der Waals surface area contributed by atoms with Gasteiger partial charge in [-0.15, -0.1) is 12.4 Å². The molecule has 0 saturated carbocycles. The number of halogens is 1. The van der Waals surface area contributed by atoms with Crippen molar-refractivity contribution in [3.8, 4) is 5.75 Å². The van der Waals surface area contributed by atoms with Gasteiger partial charge in [-0.25, -0.2) is 0 Å². The van der Waals surface area contributed by atoms with Crippen molar-refractivity contribution in [3.05, 3.63) is 29.8 Å². The van der Waals surface area contributed by atoms with Gasteiger partial charge in [0.2, 0.25) is 0 Å². The zero-order chi connectivity index (χ0) is 16.3. The van der Waals surface area contributed by atoms with Crippen molar-refractivity contribution >= 4 is 12.4 Å². The number of nitrogens with two attached hydrogens (primary N) is 1. The van der Waals surface area contributed by atoms with E-state index in [0.717, 1.165) is 50.9 Å². The topological polar surface area (TPSA) is 75.7 Å². The minimum Gasteiger partial charge on any atom is -0.494 e. The first-order valence-corrected chi connectivity index (χ1v) is 8.36. The van der Waals surface area contributed by atoms with Gasteiger partial charge in [-0.1, -0.05) is 38.3 Å². The maximum Gasteiger partial charge on any atom is 0.119 e. The van der Waals surface area contributed by atoms with Crippen LogP contribution in [0, 0.1) is 0 Å². The number of ether oxygens (including phenoxy) is 1. The van der Waals surface area contributed by atoms with E-state index in [2.05, 4.69) is 19.1 Å². The first-order chi connectivity index (χ1) is 10.6. The SMILES string of the molecule is CCCCOc1ccc(CCCCCC(N)(CO)CO)cc1.Cl. The Balaban J connectivity index is 0.00000484. The van der Waals surface area contributed by atoms with Crippen molar-refractivity contribution in [2.45, 2.75) is 57.4 Å². The molecule has 0 heterocycles. The van der Waals surface area contributed by atoms with E-state index in [9.17, 15) is 0 Å². The molecule has 0 aliphatic heterocycles. The van der Waals surface area contributed by atoms with Crippen LogP contribution in [0.4, 0.5) is 0 Å². The van der Waals surface area contributed by atoms with Gasteiger partial charge in [-0.05, 0) is 43.4 Å². The number of hydrogen-bond acceptors (Lipinski definition) is 4. The monoisotopic (exact) mass is 345 g/mol. The summed E-state index contributed by atoms with van der Waals surface area (Å²) in [5.74, 6) is 0.941. The van der Waals surface area contributed by atoms with Crippen molar-refractivity contribution in [1.29, 1.82) is 0 Å². The van der Waals surface area contributed by atoms with Crippen molar-refractivity contribution in [1.82, 2.24) is 0 Å². The van der Waals surface area contributed by atoms with Gasteiger partial charge in [0.15, 0.2) is 0 Å². The summed E-state index contributed by atoms with van der Waals surface area (Å²) in [7, 11) is 0. The van der Waals surface area contributed by atoms with Crippen LogP contribution in [0.3, 0.4) is 0 Å². The Morgan fingerprint density at radius 3 is 2.22 bits per heavy atom. The normalized spacial score (nSPS) is 11.1. The van der Waals surface area contributed by atoms with Gasteiger partial charge in [-0.2, -0.15) is 0 Å². The Kier molecular flexibility index (Phi) is 12.1. The molecule has 0 radical (unpaired) electrons. The largest absolute Gasteiger partial charge is 0.494 e. The van der Waals surface area contributed by atoms with E-state index in [0.29, 0.717) is 6.42 Å². The van der Waals surface area contributed by atoms with E-state index in [1.165, 1.54) is 5.56 Å². The van der Waals surface area contributed by atoms with Gasteiger partial charge in [0.1, 0.15) is 5.75 Å².